The SMILES string of the molecule is O=S(=O)(c1ccccc1)c1ccc(S(=O)(=O)N2N=C(c3cccnc3)CC2c2ccccc2O)s1. The van der Waals surface area contributed by atoms with Gasteiger partial charge in [-0.3, -0.25) is 4.98 Å². The van der Waals surface area contributed by atoms with Gasteiger partial charge in [0.2, 0.25) is 9.84 Å². The van der Waals surface area contributed by atoms with Crippen molar-refractivity contribution in [2.45, 2.75) is 25.8 Å². The van der Waals surface area contributed by atoms with Crippen molar-refractivity contribution in [2.24, 2.45) is 5.10 Å². The minimum absolute atomic E-state index is 0.0566. The quantitative estimate of drug-likeness (QED) is 0.403. The first kappa shape index (κ1) is 23.2. The fourth-order valence-electron chi connectivity index (χ4n) is 3.81. The summed E-state index contributed by atoms with van der Waals surface area (Å²) in [5.74, 6) is -0.0566. The maximum absolute atomic E-state index is 13.7. The second kappa shape index (κ2) is 8.91. The number of sulfone groups is 1. The summed E-state index contributed by atoms with van der Waals surface area (Å²) in [6.45, 7) is 0. The summed E-state index contributed by atoms with van der Waals surface area (Å²) in [5.41, 5.74) is 1.54. The molecule has 2 aromatic heterocycles. The van der Waals surface area contributed by atoms with Crippen LogP contribution in [0.4, 0.5) is 0 Å². The predicted octanol–water partition coefficient (Wildman–Crippen LogP) is 4.22. The number of phenolic OH excluding ortho intramolecular Hbond substituents is 1. The number of hydrogen-bond acceptors (Lipinski definition) is 8. The zero-order chi connectivity index (χ0) is 24.6. The van der Waals surface area contributed by atoms with Gasteiger partial charge in [0.05, 0.1) is 16.6 Å². The van der Waals surface area contributed by atoms with Crippen molar-refractivity contribution < 1.29 is 21.9 Å². The van der Waals surface area contributed by atoms with E-state index in [2.05, 4.69) is 10.1 Å². The third kappa shape index (κ3) is 4.22. The van der Waals surface area contributed by atoms with Crippen molar-refractivity contribution in [1.82, 2.24) is 9.40 Å². The Morgan fingerprint density at radius 1 is 0.857 bits per heavy atom. The van der Waals surface area contributed by atoms with Crippen LogP contribution in [0.5, 0.6) is 5.75 Å². The summed E-state index contributed by atoms with van der Waals surface area (Å²) < 4.78 is 54.1. The number of pyridine rings is 1. The number of nitrogens with zero attached hydrogens (tertiary/aromatic N) is 3. The monoisotopic (exact) mass is 525 g/mol. The van der Waals surface area contributed by atoms with Crippen LogP contribution in [0.2, 0.25) is 0 Å². The van der Waals surface area contributed by atoms with Crippen LogP contribution in [0.3, 0.4) is 0 Å². The van der Waals surface area contributed by atoms with Crippen molar-refractivity contribution in [3.63, 3.8) is 0 Å². The van der Waals surface area contributed by atoms with Gasteiger partial charge in [-0.15, -0.1) is 11.3 Å². The molecule has 35 heavy (non-hydrogen) atoms. The highest BCUT2D eigenvalue weighted by Gasteiger charge is 2.40. The van der Waals surface area contributed by atoms with Crippen molar-refractivity contribution in [2.75, 3.05) is 0 Å². The Labute approximate surface area is 206 Å². The van der Waals surface area contributed by atoms with E-state index in [0.29, 0.717) is 28.2 Å². The molecule has 4 aromatic rings. The fourth-order valence-corrected chi connectivity index (χ4v) is 8.51. The molecule has 5 rings (SSSR count). The molecule has 178 valence electrons. The number of phenols is 1. The lowest BCUT2D eigenvalue weighted by Gasteiger charge is -2.23. The molecular weight excluding hydrogens is 506 g/mol. The summed E-state index contributed by atoms with van der Waals surface area (Å²) in [4.78, 5) is 4.17. The second-order valence-corrected chi connectivity index (χ2v) is 13.0. The molecule has 0 saturated carbocycles. The second-order valence-electron chi connectivity index (χ2n) is 7.73. The lowest BCUT2D eigenvalue weighted by molar-refractivity contribution is 0.359. The van der Waals surface area contributed by atoms with E-state index in [1.54, 1.807) is 60.9 Å². The molecule has 0 amide bonds. The minimum Gasteiger partial charge on any atom is -0.508 e. The van der Waals surface area contributed by atoms with Crippen LogP contribution >= 0.6 is 11.3 Å². The average Bonchev–Trinajstić information content (AvgIpc) is 3.55. The van der Waals surface area contributed by atoms with Crippen molar-refractivity contribution in [1.29, 1.82) is 0 Å². The molecule has 1 aliphatic rings. The summed E-state index contributed by atoms with van der Waals surface area (Å²) in [7, 11) is -8.12. The third-order valence-electron chi connectivity index (χ3n) is 5.54. The standard InChI is InChI=1S/C24H19N3O5S3/c28-22-11-5-4-10-19(22)21-15-20(17-7-6-14-25-16-17)26-27(21)35(31,32)24-13-12-23(33-24)34(29,30)18-8-2-1-3-9-18/h1-14,16,21,28H,15H2. The normalized spacial score (nSPS) is 16.3. The Hall–Kier alpha value is -3.54. The van der Waals surface area contributed by atoms with Crippen molar-refractivity contribution in [3.8, 4) is 5.75 Å². The highest BCUT2D eigenvalue weighted by molar-refractivity contribution is 7.95. The van der Waals surface area contributed by atoms with Crippen molar-refractivity contribution >= 4 is 36.9 Å². The lowest BCUT2D eigenvalue weighted by Crippen LogP contribution is -2.26. The highest BCUT2D eigenvalue weighted by Crippen LogP contribution is 2.42. The highest BCUT2D eigenvalue weighted by atomic mass is 32.3. The van der Waals surface area contributed by atoms with Gasteiger partial charge in [-0.1, -0.05) is 42.5 Å². The molecular formula is C24H19N3O5S3. The van der Waals surface area contributed by atoms with E-state index in [1.165, 1.54) is 30.3 Å². The molecule has 0 bridgehead atoms. The molecule has 0 aliphatic carbocycles. The van der Waals surface area contributed by atoms with Gasteiger partial charge in [-0.25, -0.2) is 8.42 Å². The number of thiophene rings is 1. The van der Waals surface area contributed by atoms with Crippen LogP contribution in [0.25, 0.3) is 0 Å². The van der Waals surface area contributed by atoms with E-state index < -0.39 is 25.9 Å². The van der Waals surface area contributed by atoms with Crippen LogP contribution < -0.4 is 0 Å². The number of hydrogen-bond donors (Lipinski definition) is 1. The number of sulfonamides is 1. The van der Waals surface area contributed by atoms with Crippen LogP contribution in [0.15, 0.2) is 110 Å². The summed E-state index contributed by atoms with van der Waals surface area (Å²) >= 11 is 0.665. The molecule has 0 fully saturated rings. The van der Waals surface area contributed by atoms with Gasteiger partial charge in [0.1, 0.15) is 14.2 Å². The number of aromatic nitrogens is 1. The number of rotatable bonds is 6. The number of aromatic hydroxyl groups is 1. The zero-order valence-electron chi connectivity index (χ0n) is 18.1. The predicted molar refractivity (Wildman–Crippen MR) is 131 cm³/mol. The van der Waals surface area contributed by atoms with Crippen molar-refractivity contribution in [3.05, 3.63) is 102 Å². The van der Waals surface area contributed by atoms with E-state index in [4.69, 9.17) is 0 Å². The first-order chi connectivity index (χ1) is 16.8. The van der Waals surface area contributed by atoms with Gasteiger partial charge in [0.25, 0.3) is 10.0 Å². The number of benzene rings is 2. The first-order valence-corrected chi connectivity index (χ1v) is 14.2. The lowest BCUT2D eigenvalue weighted by atomic mass is 9.99. The van der Waals surface area contributed by atoms with Gasteiger partial charge in [0.15, 0.2) is 0 Å². The zero-order valence-corrected chi connectivity index (χ0v) is 20.5. The summed E-state index contributed by atoms with van der Waals surface area (Å²) in [5, 5.41) is 14.9. The molecule has 0 radical (unpaired) electrons. The molecule has 1 unspecified atom stereocenters. The first-order valence-electron chi connectivity index (χ1n) is 10.5. The maximum atomic E-state index is 13.7. The molecule has 11 heteroatoms. The van der Waals surface area contributed by atoms with Gasteiger partial charge in [-0.2, -0.15) is 17.9 Å². The molecule has 1 aliphatic heterocycles. The van der Waals surface area contributed by atoms with Gasteiger partial charge >= 0.3 is 0 Å². The Morgan fingerprint density at radius 2 is 1.57 bits per heavy atom. The Morgan fingerprint density at radius 3 is 2.29 bits per heavy atom. The van der Waals surface area contributed by atoms with Crippen LogP contribution in [-0.2, 0) is 19.9 Å². The molecule has 3 heterocycles. The molecule has 8 nitrogen and oxygen atoms in total. The van der Waals surface area contributed by atoms with E-state index >= 15 is 0 Å². The van der Waals surface area contributed by atoms with Gasteiger partial charge in [-0.05, 0) is 36.4 Å². The Balaban J connectivity index is 1.58. The third-order valence-corrected chi connectivity index (χ3v) is 11.0. The number of para-hydroxylation sites is 1. The van der Waals surface area contributed by atoms with Crippen LogP contribution in [-0.4, -0.2) is 37.1 Å². The summed E-state index contributed by atoms with van der Waals surface area (Å²) in [6, 6.07) is 19.6. The Kier molecular flexibility index (Phi) is 5.91. The minimum atomic E-state index is -4.25. The van der Waals surface area contributed by atoms with E-state index in [1.807, 2.05) is 0 Å². The smallest absolute Gasteiger partial charge is 0.289 e. The van der Waals surface area contributed by atoms with E-state index in [-0.39, 0.29) is 25.5 Å². The molecule has 1 N–H and O–H groups in total. The molecule has 1 atom stereocenters. The molecule has 0 spiro atoms. The van der Waals surface area contributed by atoms with Gasteiger partial charge < -0.3 is 5.11 Å². The number of hydrazone groups is 1. The topological polar surface area (TPSA) is 117 Å². The van der Waals surface area contributed by atoms with E-state index in [0.717, 1.165) is 4.41 Å². The van der Waals surface area contributed by atoms with Gasteiger partial charge in [0, 0.05) is 29.9 Å². The fraction of sp³-hybridized carbons (Fsp3) is 0.0833. The van der Waals surface area contributed by atoms with Crippen LogP contribution in [0, 0.1) is 0 Å². The van der Waals surface area contributed by atoms with Crippen LogP contribution in [0.1, 0.15) is 23.6 Å². The molecule has 0 saturated heterocycles. The maximum Gasteiger partial charge on any atom is 0.289 e. The molecule has 2 aromatic carbocycles. The van der Waals surface area contributed by atoms with E-state index in [9.17, 15) is 21.9 Å². The Bertz CT molecular complexity index is 1620. The summed E-state index contributed by atoms with van der Waals surface area (Å²) in [6.07, 6.45) is 3.41. The average molecular weight is 526 g/mol. The largest absolute Gasteiger partial charge is 0.508 e.